The second kappa shape index (κ2) is 6.53. The molecule has 0 saturated heterocycles. The van der Waals surface area contributed by atoms with Crippen molar-refractivity contribution in [3.05, 3.63) is 29.7 Å². The number of halogens is 1. The van der Waals surface area contributed by atoms with Crippen molar-refractivity contribution in [3.63, 3.8) is 0 Å². The number of methoxy groups -OCH3 is 1. The Morgan fingerprint density at radius 3 is 2.67 bits per heavy atom. The number of hydrogen-bond acceptors (Lipinski definition) is 4. The number of hydrogen-bond donors (Lipinski definition) is 3. The van der Waals surface area contributed by atoms with E-state index in [1.165, 1.54) is 25.3 Å². The summed E-state index contributed by atoms with van der Waals surface area (Å²) >= 11 is 0. The van der Waals surface area contributed by atoms with Crippen LogP contribution in [-0.2, 0) is 9.53 Å². The lowest BCUT2D eigenvalue weighted by Gasteiger charge is -2.58. The number of carbonyl (C=O) groups excluding carboxylic acids is 1. The van der Waals surface area contributed by atoms with Gasteiger partial charge in [0.05, 0.1) is 18.7 Å². The van der Waals surface area contributed by atoms with Crippen molar-refractivity contribution in [2.24, 2.45) is 5.41 Å². The summed E-state index contributed by atoms with van der Waals surface area (Å²) in [6.07, 6.45) is -0.119. The molecule has 7 nitrogen and oxygen atoms in total. The number of benzene rings is 1. The maximum absolute atomic E-state index is 14.1. The number of ether oxygens (including phenoxy) is 2. The van der Waals surface area contributed by atoms with Gasteiger partial charge in [0.1, 0.15) is 22.8 Å². The van der Waals surface area contributed by atoms with Gasteiger partial charge in [-0.2, -0.15) is 0 Å². The molecule has 1 heterocycles. The third-order valence-corrected chi connectivity index (χ3v) is 5.62. The maximum Gasteiger partial charge on any atom is 0.330 e. The zero-order chi connectivity index (χ0) is 20.0. The van der Waals surface area contributed by atoms with Gasteiger partial charge in [-0.15, -0.1) is 0 Å². The van der Waals surface area contributed by atoms with Gasteiger partial charge in [0.15, 0.2) is 0 Å². The average molecular weight is 378 g/mol. The van der Waals surface area contributed by atoms with Gasteiger partial charge in [0, 0.05) is 23.8 Å². The molecule has 1 aromatic carbocycles. The minimum absolute atomic E-state index is 0.0599. The molecule has 8 heteroatoms. The standard InChI is InChI=1S/C19H23FN2O5/c1-5-27-14-9-19(17(24)25,18(14,2)3)22-16(23)12-8-10-13(26-4)7-6-11(20)15(10)21-12/h6-8,14,21H,5,9H2,1-4H3,(H,22,23)(H,24,25). The number of carboxylic acids is 1. The van der Waals surface area contributed by atoms with Gasteiger partial charge in [-0.1, -0.05) is 13.8 Å². The van der Waals surface area contributed by atoms with Crippen LogP contribution in [-0.4, -0.2) is 47.3 Å². The van der Waals surface area contributed by atoms with E-state index in [9.17, 15) is 19.1 Å². The maximum atomic E-state index is 14.1. The van der Waals surface area contributed by atoms with E-state index in [2.05, 4.69) is 10.3 Å². The van der Waals surface area contributed by atoms with Crippen molar-refractivity contribution in [2.75, 3.05) is 13.7 Å². The Morgan fingerprint density at radius 1 is 1.41 bits per heavy atom. The predicted molar refractivity (Wildman–Crippen MR) is 96.5 cm³/mol. The Labute approximate surface area is 155 Å². The molecule has 2 atom stereocenters. The number of aromatic amines is 1. The van der Waals surface area contributed by atoms with E-state index in [0.717, 1.165) is 0 Å². The molecular formula is C19H23FN2O5. The van der Waals surface area contributed by atoms with E-state index >= 15 is 0 Å². The molecule has 2 aromatic rings. The predicted octanol–water partition coefficient (Wildman–Crippen LogP) is 2.70. The quantitative estimate of drug-likeness (QED) is 0.718. The first kappa shape index (κ1) is 19.2. The van der Waals surface area contributed by atoms with Crippen LogP contribution in [0.5, 0.6) is 5.75 Å². The largest absolute Gasteiger partial charge is 0.496 e. The van der Waals surface area contributed by atoms with E-state index in [1.54, 1.807) is 13.8 Å². The second-order valence-corrected chi connectivity index (χ2v) is 7.26. The minimum atomic E-state index is -1.47. The van der Waals surface area contributed by atoms with Gasteiger partial charge in [0.2, 0.25) is 0 Å². The average Bonchev–Trinajstić information content (AvgIpc) is 3.07. The highest BCUT2D eigenvalue weighted by molar-refractivity contribution is 6.02. The van der Waals surface area contributed by atoms with E-state index < -0.39 is 28.6 Å². The summed E-state index contributed by atoms with van der Waals surface area (Å²) in [6, 6.07) is 4.15. The zero-order valence-corrected chi connectivity index (χ0v) is 15.7. The van der Waals surface area contributed by atoms with Crippen LogP contribution in [0.2, 0.25) is 0 Å². The molecule has 0 bridgehead atoms. The van der Waals surface area contributed by atoms with E-state index in [-0.39, 0.29) is 23.7 Å². The summed E-state index contributed by atoms with van der Waals surface area (Å²) in [7, 11) is 1.45. The number of carbonyl (C=O) groups is 2. The van der Waals surface area contributed by atoms with Gasteiger partial charge in [-0.05, 0) is 25.1 Å². The molecule has 2 unspecified atom stereocenters. The fraction of sp³-hybridized carbons (Fsp3) is 0.474. The molecule has 27 heavy (non-hydrogen) atoms. The van der Waals surface area contributed by atoms with Crippen LogP contribution in [0.3, 0.4) is 0 Å². The smallest absolute Gasteiger partial charge is 0.330 e. The monoisotopic (exact) mass is 378 g/mol. The van der Waals surface area contributed by atoms with Crippen LogP contribution in [0.25, 0.3) is 10.9 Å². The normalized spacial score (nSPS) is 23.7. The molecule has 146 valence electrons. The topological polar surface area (TPSA) is 101 Å². The van der Waals surface area contributed by atoms with Crippen LogP contribution in [0, 0.1) is 11.2 Å². The van der Waals surface area contributed by atoms with Crippen molar-refractivity contribution in [1.82, 2.24) is 10.3 Å². The molecule has 3 rings (SSSR count). The second-order valence-electron chi connectivity index (χ2n) is 7.26. The van der Waals surface area contributed by atoms with Gasteiger partial charge >= 0.3 is 5.97 Å². The number of fused-ring (bicyclic) bond motifs is 1. The highest BCUT2D eigenvalue weighted by Gasteiger charge is 2.66. The van der Waals surface area contributed by atoms with Crippen molar-refractivity contribution in [2.45, 2.75) is 38.8 Å². The molecule has 1 aliphatic carbocycles. The highest BCUT2D eigenvalue weighted by atomic mass is 19.1. The van der Waals surface area contributed by atoms with Crippen LogP contribution >= 0.6 is 0 Å². The first-order chi connectivity index (χ1) is 12.7. The molecule has 0 aliphatic heterocycles. The molecule has 1 aliphatic rings. The number of carboxylic acid groups (broad SMARTS) is 1. The molecule has 1 fully saturated rings. The SMILES string of the molecule is CCOC1CC(NC(=O)c2cc3c(OC)ccc(F)c3[nH]2)(C(=O)O)C1(C)C. The lowest BCUT2D eigenvalue weighted by Crippen LogP contribution is -2.76. The number of amides is 1. The van der Waals surface area contributed by atoms with Crippen molar-refractivity contribution in [1.29, 1.82) is 0 Å². The number of nitrogens with one attached hydrogen (secondary N) is 2. The number of aliphatic carboxylic acids is 1. The molecule has 0 radical (unpaired) electrons. The number of rotatable bonds is 6. The third-order valence-electron chi connectivity index (χ3n) is 5.62. The Morgan fingerprint density at radius 2 is 2.11 bits per heavy atom. The van der Waals surface area contributed by atoms with Crippen molar-refractivity contribution >= 4 is 22.8 Å². The fourth-order valence-corrected chi connectivity index (χ4v) is 3.76. The number of H-pyrrole nitrogens is 1. The first-order valence-electron chi connectivity index (χ1n) is 8.70. The minimum Gasteiger partial charge on any atom is -0.496 e. The Hall–Kier alpha value is -2.61. The zero-order valence-electron chi connectivity index (χ0n) is 15.7. The van der Waals surface area contributed by atoms with E-state index in [4.69, 9.17) is 9.47 Å². The summed E-state index contributed by atoms with van der Waals surface area (Å²) in [4.78, 5) is 27.5. The summed E-state index contributed by atoms with van der Waals surface area (Å²) in [5, 5.41) is 12.8. The van der Waals surface area contributed by atoms with Crippen LogP contribution < -0.4 is 10.1 Å². The molecule has 1 amide bonds. The molecule has 1 aromatic heterocycles. The van der Waals surface area contributed by atoms with Crippen LogP contribution in [0.15, 0.2) is 18.2 Å². The number of aromatic nitrogens is 1. The molecule has 0 spiro atoms. The summed E-state index contributed by atoms with van der Waals surface area (Å²) in [5.41, 5.74) is -2.09. The van der Waals surface area contributed by atoms with Crippen LogP contribution in [0.1, 0.15) is 37.7 Å². The fourth-order valence-electron chi connectivity index (χ4n) is 3.76. The van der Waals surface area contributed by atoms with E-state index in [1.807, 2.05) is 6.92 Å². The Balaban J connectivity index is 1.93. The van der Waals surface area contributed by atoms with Gasteiger partial charge in [-0.25, -0.2) is 9.18 Å². The summed E-state index contributed by atoms with van der Waals surface area (Å²) in [6.45, 7) is 5.79. The van der Waals surface area contributed by atoms with Gasteiger partial charge in [0.25, 0.3) is 5.91 Å². The molecule has 3 N–H and O–H groups in total. The van der Waals surface area contributed by atoms with Gasteiger partial charge < -0.3 is 24.9 Å². The molecule has 1 saturated carbocycles. The first-order valence-corrected chi connectivity index (χ1v) is 8.70. The molecular weight excluding hydrogens is 355 g/mol. The van der Waals surface area contributed by atoms with Crippen LogP contribution in [0.4, 0.5) is 4.39 Å². The Bertz CT molecular complexity index is 907. The van der Waals surface area contributed by atoms with E-state index in [0.29, 0.717) is 17.7 Å². The summed E-state index contributed by atoms with van der Waals surface area (Å²) in [5.74, 6) is -1.87. The van der Waals surface area contributed by atoms with Crippen molar-refractivity contribution < 1.29 is 28.6 Å². The highest BCUT2D eigenvalue weighted by Crippen LogP contribution is 2.51. The third kappa shape index (κ3) is 2.75. The lowest BCUT2D eigenvalue weighted by molar-refractivity contribution is -0.190. The van der Waals surface area contributed by atoms with Crippen molar-refractivity contribution in [3.8, 4) is 5.75 Å². The Kier molecular flexibility index (Phi) is 4.63. The lowest BCUT2D eigenvalue weighted by atomic mass is 9.54. The summed E-state index contributed by atoms with van der Waals surface area (Å²) < 4.78 is 24.8. The van der Waals surface area contributed by atoms with Gasteiger partial charge in [-0.3, -0.25) is 4.79 Å².